The summed E-state index contributed by atoms with van der Waals surface area (Å²) >= 11 is 4.50. The molecule has 1 N–H and O–H groups in total. The number of carbonyl (C=O) groups is 2. The number of thiophene rings is 1. The Hall–Kier alpha value is -1.73. The van der Waals surface area contributed by atoms with Crippen molar-refractivity contribution in [2.45, 2.75) is 33.3 Å². The van der Waals surface area contributed by atoms with E-state index in [1.807, 2.05) is 13.8 Å². The average molecular weight is 414 g/mol. The Kier molecular flexibility index (Phi) is 6.12. The predicted octanol–water partition coefficient (Wildman–Crippen LogP) is 4.70. The normalized spacial score (nSPS) is 11.9. The number of anilines is 1. The van der Waals surface area contributed by atoms with Crippen LogP contribution in [0.5, 0.6) is 0 Å². The van der Waals surface area contributed by atoms with Gasteiger partial charge in [0.05, 0.1) is 5.69 Å². The van der Waals surface area contributed by atoms with Crippen LogP contribution in [0.2, 0.25) is 0 Å². The van der Waals surface area contributed by atoms with E-state index in [1.54, 1.807) is 12.1 Å². The molecule has 0 saturated carbocycles. The fraction of sp³-hybridized carbons (Fsp3) is 0.294. The summed E-state index contributed by atoms with van der Waals surface area (Å²) < 4.78 is 19.5. The van der Waals surface area contributed by atoms with E-state index in [0.29, 0.717) is 9.35 Å². The molecule has 1 atom stereocenters. The summed E-state index contributed by atoms with van der Waals surface area (Å²) in [5.74, 6) is -1.71. The molecule has 24 heavy (non-hydrogen) atoms. The Morgan fingerprint density at radius 2 is 2.08 bits per heavy atom. The first-order valence-corrected chi connectivity index (χ1v) is 8.99. The van der Waals surface area contributed by atoms with Gasteiger partial charge in [-0.3, -0.25) is 4.79 Å². The van der Waals surface area contributed by atoms with Gasteiger partial charge in [0.2, 0.25) is 0 Å². The summed E-state index contributed by atoms with van der Waals surface area (Å²) in [4.78, 5) is 25.8. The van der Waals surface area contributed by atoms with E-state index in [2.05, 4.69) is 21.2 Å². The van der Waals surface area contributed by atoms with Crippen LogP contribution in [0.15, 0.2) is 28.7 Å². The van der Waals surface area contributed by atoms with Crippen molar-refractivity contribution in [2.75, 3.05) is 5.32 Å². The Labute approximate surface area is 152 Å². The van der Waals surface area contributed by atoms with E-state index in [9.17, 15) is 14.0 Å². The molecule has 7 heteroatoms. The van der Waals surface area contributed by atoms with E-state index in [4.69, 9.17) is 4.74 Å². The lowest BCUT2D eigenvalue weighted by Crippen LogP contribution is -2.30. The first kappa shape index (κ1) is 18.6. The molecule has 2 aromatic rings. The monoisotopic (exact) mass is 413 g/mol. The number of halogens is 2. The smallest absolute Gasteiger partial charge is 0.349 e. The fourth-order valence-electron chi connectivity index (χ4n) is 2.07. The molecule has 0 aliphatic carbocycles. The van der Waals surface area contributed by atoms with Crippen molar-refractivity contribution in [3.8, 4) is 0 Å². The van der Waals surface area contributed by atoms with E-state index in [1.165, 1.54) is 30.4 Å². The van der Waals surface area contributed by atoms with Crippen LogP contribution in [0, 0.1) is 12.7 Å². The van der Waals surface area contributed by atoms with Gasteiger partial charge in [-0.25, -0.2) is 9.18 Å². The minimum absolute atomic E-state index is 0.0336. The second kappa shape index (κ2) is 7.90. The zero-order valence-electron chi connectivity index (χ0n) is 13.5. The highest BCUT2D eigenvalue weighted by molar-refractivity contribution is 9.10. The highest BCUT2D eigenvalue weighted by Crippen LogP contribution is 2.24. The number of nitrogens with one attached hydrogen (secondary N) is 1. The van der Waals surface area contributed by atoms with E-state index >= 15 is 0 Å². The number of rotatable bonds is 5. The number of carbonyl (C=O) groups excluding carboxylic acids is 2. The molecule has 0 aliphatic rings. The molecule has 4 nitrogen and oxygen atoms in total. The van der Waals surface area contributed by atoms with Crippen LogP contribution in [0.3, 0.4) is 0 Å². The number of hydrogen-bond acceptors (Lipinski definition) is 4. The highest BCUT2D eigenvalue weighted by Gasteiger charge is 2.21. The van der Waals surface area contributed by atoms with Gasteiger partial charge in [0.25, 0.3) is 5.91 Å². The van der Waals surface area contributed by atoms with Crippen molar-refractivity contribution < 1.29 is 18.7 Å². The number of benzene rings is 1. The zero-order valence-corrected chi connectivity index (χ0v) is 15.9. The van der Waals surface area contributed by atoms with Crippen LogP contribution in [0.25, 0.3) is 0 Å². The maximum absolute atomic E-state index is 13.7. The van der Waals surface area contributed by atoms with Crippen molar-refractivity contribution in [3.05, 3.63) is 49.9 Å². The Bertz CT molecular complexity index is 775. The van der Waals surface area contributed by atoms with Crippen LogP contribution in [0.4, 0.5) is 10.1 Å². The molecule has 1 unspecified atom stereocenters. The molecular formula is C17H17BrFNO3S. The van der Waals surface area contributed by atoms with Gasteiger partial charge >= 0.3 is 5.97 Å². The molecule has 1 aromatic carbocycles. The summed E-state index contributed by atoms with van der Waals surface area (Å²) in [5.41, 5.74) is 1.06. The molecule has 0 bridgehead atoms. The van der Waals surface area contributed by atoms with Gasteiger partial charge < -0.3 is 10.1 Å². The van der Waals surface area contributed by atoms with Gasteiger partial charge in [-0.2, -0.15) is 0 Å². The quantitative estimate of drug-likeness (QED) is 0.722. The number of esters is 1. The van der Waals surface area contributed by atoms with E-state index in [-0.39, 0.29) is 5.69 Å². The molecular weight excluding hydrogens is 397 g/mol. The van der Waals surface area contributed by atoms with Gasteiger partial charge in [-0.15, -0.1) is 11.3 Å². The minimum atomic E-state index is -1.03. The maximum atomic E-state index is 13.7. The minimum Gasteiger partial charge on any atom is -0.448 e. The van der Waals surface area contributed by atoms with Gasteiger partial charge in [-0.1, -0.05) is 22.9 Å². The van der Waals surface area contributed by atoms with Crippen molar-refractivity contribution in [2.24, 2.45) is 0 Å². The highest BCUT2D eigenvalue weighted by atomic mass is 79.9. The van der Waals surface area contributed by atoms with Gasteiger partial charge in [0.1, 0.15) is 10.7 Å². The van der Waals surface area contributed by atoms with Crippen molar-refractivity contribution in [1.82, 2.24) is 0 Å². The van der Waals surface area contributed by atoms with Gasteiger partial charge in [0.15, 0.2) is 6.10 Å². The molecule has 1 aromatic heterocycles. The first-order valence-electron chi connectivity index (χ1n) is 7.38. The van der Waals surface area contributed by atoms with Crippen LogP contribution < -0.4 is 5.32 Å². The first-order chi connectivity index (χ1) is 11.3. The van der Waals surface area contributed by atoms with E-state index in [0.717, 1.165) is 16.9 Å². The molecule has 0 fully saturated rings. The summed E-state index contributed by atoms with van der Waals surface area (Å²) in [6.45, 7) is 5.39. The summed E-state index contributed by atoms with van der Waals surface area (Å²) in [7, 11) is 0. The van der Waals surface area contributed by atoms with Gasteiger partial charge in [0, 0.05) is 9.35 Å². The number of aryl methyl sites for hydroxylation is 2. The Morgan fingerprint density at radius 1 is 1.38 bits per heavy atom. The molecule has 1 amide bonds. The third-order valence-corrected chi connectivity index (χ3v) is 5.24. The number of hydrogen-bond donors (Lipinski definition) is 1. The van der Waals surface area contributed by atoms with Gasteiger partial charge in [-0.05, 0) is 50.1 Å². The molecule has 0 spiro atoms. The molecule has 0 radical (unpaired) electrons. The summed E-state index contributed by atoms with van der Waals surface area (Å²) in [6, 6.07) is 6.04. The summed E-state index contributed by atoms with van der Waals surface area (Å²) in [5, 5.41) is 2.41. The lowest BCUT2D eigenvalue weighted by atomic mass is 10.2. The molecule has 128 valence electrons. The lowest BCUT2D eigenvalue weighted by Gasteiger charge is -2.13. The van der Waals surface area contributed by atoms with Crippen LogP contribution in [-0.2, 0) is 16.0 Å². The number of amides is 1. The largest absolute Gasteiger partial charge is 0.448 e. The SMILES string of the molecule is CCc1sc(C(=O)OC(C)C(=O)Nc2ccc(Br)cc2F)cc1C. The molecule has 2 rings (SSSR count). The molecule has 0 aliphatic heterocycles. The number of ether oxygens (including phenoxy) is 1. The predicted molar refractivity (Wildman–Crippen MR) is 96.0 cm³/mol. The molecule has 1 heterocycles. The second-order valence-electron chi connectivity index (χ2n) is 5.23. The third-order valence-electron chi connectivity index (χ3n) is 3.38. The molecule has 0 saturated heterocycles. The Balaban J connectivity index is 2.01. The van der Waals surface area contributed by atoms with Crippen molar-refractivity contribution in [1.29, 1.82) is 0 Å². The Morgan fingerprint density at radius 3 is 2.67 bits per heavy atom. The maximum Gasteiger partial charge on any atom is 0.349 e. The van der Waals surface area contributed by atoms with Crippen LogP contribution >= 0.6 is 27.3 Å². The van der Waals surface area contributed by atoms with Crippen LogP contribution in [-0.4, -0.2) is 18.0 Å². The third kappa shape index (κ3) is 4.42. The fourth-order valence-corrected chi connectivity index (χ4v) is 3.40. The van der Waals surface area contributed by atoms with E-state index < -0.39 is 23.8 Å². The van der Waals surface area contributed by atoms with Crippen molar-refractivity contribution >= 4 is 44.8 Å². The second-order valence-corrected chi connectivity index (χ2v) is 7.28. The lowest BCUT2D eigenvalue weighted by molar-refractivity contribution is -0.123. The standard InChI is InChI=1S/C17H17BrFNO3S/c1-4-14-9(2)7-15(24-14)17(22)23-10(3)16(21)20-13-6-5-11(18)8-12(13)19/h5-8,10H,4H2,1-3H3,(H,20,21). The zero-order chi connectivity index (χ0) is 17.9. The average Bonchev–Trinajstić information content (AvgIpc) is 2.91. The van der Waals surface area contributed by atoms with Crippen molar-refractivity contribution in [3.63, 3.8) is 0 Å². The topological polar surface area (TPSA) is 55.4 Å². The summed E-state index contributed by atoms with van der Waals surface area (Å²) in [6.07, 6.45) is -0.198. The van der Waals surface area contributed by atoms with Crippen LogP contribution in [0.1, 0.15) is 34.0 Å².